The van der Waals surface area contributed by atoms with Gasteiger partial charge in [-0.15, -0.1) is 11.3 Å². The molecule has 9 nitrogen and oxygen atoms in total. The number of rotatable bonds is 4. The van der Waals surface area contributed by atoms with Crippen LogP contribution in [0.4, 0.5) is 0 Å². The van der Waals surface area contributed by atoms with Crippen molar-refractivity contribution in [3.05, 3.63) is 81.1 Å². The van der Waals surface area contributed by atoms with Crippen LogP contribution in [-0.4, -0.2) is 25.3 Å². The highest BCUT2D eigenvalue weighted by Gasteiger charge is 2.16. The fraction of sp³-hybridized carbons (Fsp3) is 0.0500. The topological polar surface area (TPSA) is 112 Å². The van der Waals surface area contributed by atoms with E-state index in [1.807, 2.05) is 0 Å². The third kappa shape index (κ3) is 2.99. The molecule has 0 aliphatic rings. The van der Waals surface area contributed by atoms with Gasteiger partial charge >= 0.3 is 0 Å². The van der Waals surface area contributed by atoms with Crippen LogP contribution >= 0.6 is 11.3 Å². The third-order valence-electron chi connectivity index (χ3n) is 4.58. The van der Waals surface area contributed by atoms with Crippen LogP contribution in [0.15, 0.2) is 74.6 Å². The van der Waals surface area contributed by atoms with E-state index < -0.39 is 11.5 Å². The Labute approximate surface area is 171 Å². The van der Waals surface area contributed by atoms with Crippen LogP contribution in [0.1, 0.15) is 0 Å². The van der Waals surface area contributed by atoms with E-state index in [-0.39, 0.29) is 12.0 Å². The summed E-state index contributed by atoms with van der Waals surface area (Å²) in [6, 6.07) is 10.4. The predicted octanol–water partition coefficient (Wildman–Crippen LogP) is 2.20. The van der Waals surface area contributed by atoms with E-state index in [2.05, 4.69) is 15.5 Å². The van der Waals surface area contributed by atoms with Crippen molar-refractivity contribution in [3.8, 4) is 11.3 Å². The second kappa shape index (κ2) is 7.08. The fourth-order valence-electron chi connectivity index (χ4n) is 3.22. The molecular weight excluding hydrogens is 406 g/mol. The first kappa shape index (κ1) is 18.0. The lowest BCUT2D eigenvalue weighted by Gasteiger charge is -2.11. The number of hydrogen-bond donors (Lipinski definition) is 1. The summed E-state index contributed by atoms with van der Waals surface area (Å²) in [5.41, 5.74) is 3.03. The highest BCUT2D eigenvalue weighted by molar-refractivity contribution is 7.17. The summed E-state index contributed by atoms with van der Waals surface area (Å²) in [7, 11) is 0. The molecule has 0 fully saturated rings. The van der Waals surface area contributed by atoms with E-state index in [4.69, 9.17) is 4.42 Å². The molecule has 0 aliphatic carbocycles. The lowest BCUT2D eigenvalue weighted by atomic mass is 10.2. The molecule has 0 spiro atoms. The molecule has 4 aromatic heterocycles. The molecule has 0 unspecified atom stereocenters. The van der Waals surface area contributed by atoms with Gasteiger partial charge < -0.3 is 4.42 Å². The molecule has 1 amide bonds. The quantitative estimate of drug-likeness (QED) is 0.478. The molecule has 1 aromatic carbocycles. The molecule has 0 aliphatic heterocycles. The number of para-hydroxylation sites is 1. The summed E-state index contributed by atoms with van der Waals surface area (Å²) >= 11 is 1.32. The molecule has 10 heteroatoms. The Balaban J connectivity index is 1.48. The maximum Gasteiger partial charge on any atom is 0.281 e. The van der Waals surface area contributed by atoms with Crippen molar-refractivity contribution < 1.29 is 9.21 Å². The van der Waals surface area contributed by atoms with Gasteiger partial charge in [0, 0.05) is 16.3 Å². The Bertz CT molecular complexity index is 1510. The van der Waals surface area contributed by atoms with Gasteiger partial charge in [-0.2, -0.15) is 5.10 Å². The van der Waals surface area contributed by atoms with Crippen LogP contribution in [0.25, 0.3) is 32.4 Å². The molecule has 0 saturated carbocycles. The van der Waals surface area contributed by atoms with E-state index in [0.717, 1.165) is 10.9 Å². The van der Waals surface area contributed by atoms with Gasteiger partial charge in [0.15, 0.2) is 0 Å². The minimum atomic E-state index is -0.491. The third-order valence-corrected chi connectivity index (χ3v) is 5.47. The molecule has 4 heterocycles. The van der Waals surface area contributed by atoms with E-state index in [0.29, 0.717) is 32.4 Å². The van der Waals surface area contributed by atoms with Crippen LogP contribution in [0.3, 0.4) is 0 Å². The van der Waals surface area contributed by atoms with E-state index >= 15 is 0 Å². The van der Waals surface area contributed by atoms with Crippen molar-refractivity contribution in [3.63, 3.8) is 0 Å². The van der Waals surface area contributed by atoms with Crippen molar-refractivity contribution in [2.45, 2.75) is 6.54 Å². The summed E-state index contributed by atoms with van der Waals surface area (Å²) in [6.45, 7) is -0.181. The first-order valence-corrected chi connectivity index (χ1v) is 9.77. The second-order valence-electron chi connectivity index (χ2n) is 6.45. The Kier molecular flexibility index (Phi) is 4.25. The summed E-state index contributed by atoms with van der Waals surface area (Å²) in [4.78, 5) is 42.3. The number of hydrogen-bond acceptors (Lipinski definition) is 7. The largest absolute Gasteiger partial charge is 0.464 e. The molecule has 0 bridgehead atoms. The average molecular weight is 419 g/mol. The number of nitrogens with zero attached hydrogens (tertiary/aromatic N) is 4. The fourth-order valence-corrected chi connectivity index (χ4v) is 4.10. The number of fused-ring (bicyclic) bond motifs is 2. The van der Waals surface area contributed by atoms with Crippen LogP contribution in [-0.2, 0) is 11.3 Å². The van der Waals surface area contributed by atoms with Gasteiger partial charge in [0.2, 0.25) is 5.43 Å². The summed E-state index contributed by atoms with van der Waals surface area (Å²) in [5.74, 6) is 0.0579. The van der Waals surface area contributed by atoms with Gasteiger partial charge in [-0.1, -0.05) is 12.1 Å². The van der Waals surface area contributed by atoms with Crippen LogP contribution < -0.4 is 16.4 Å². The first-order valence-electron chi connectivity index (χ1n) is 8.89. The van der Waals surface area contributed by atoms with Crippen LogP contribution in [0.2, 0.25) is 0 Å². The van der Waals surface area contributed by atoms with E-state index in [1.165, 1.54) is 28.6 Å². The SMILES string of the molecule is O=C(Cn1ncc(=O)c2ccccc21)Nn1cnc2scc(-c3ccco3)c2c1=O. The summed E-state index contributed by atoms with van der Waals surface area (Å²) in [5, 5.41) is 6.65. The van der Waals surface area contributed by atoms with Crippen molar-refractivity contribution in [2.75, 3.05) is 5.43 Å². The van der Waals surface area contributed by atoms with Gasteiger partial charge in [0.05, 0.1) is 23.4 Å². The highest BCUT2D eigenvalue weighted by atomic mass is 32.1. The number of amides is 1. The molecule has 5 aromatic rings. The Morgan fingerprint density at radius 2 is 2.03 bits per heavy atom. The monoisotopic (exact) mass is 419 g/mol. The number of carbonyl (C=O) groups excluding carboxylic acids is 1. The predicted molar refractivity (Wildman–Crippen MR) is 112 cm³/mol. The van der Waals surface area contributed by atoms with Crippen molar-refractivity contribution in [2.24, 2.45) is 0 Å². The molecule has 1 N–H and O–H groups in total. The van der Waals surface area contributed by atoms with Crippen LogP contribution in [0, 0.1) is 0 Å². The number of benzene rings is 1. The summed E-state index contributed by atoms with van der Waals surface area (Å²) < 4.78 is 7.84. The summed E-state index contributed by atoms with van der Waals surface area (Å²) in [6.07, 6.45) is 3.95. The van der Waals surface area contributed by atoms with Gasteiger partial charge in [-0.25, -0.2) is 9.66 Å². The first-order chi connectivity index (χ1) is 14.6. The smallest absolute Gasteiger partial charge is 0.281 e. The molecule has 0 atom stereocenters. The number of aromatic nitrogens is 4. The molecule has 148 valence electrons. The van der Waals surface area contributed by atoms with Crippen molar-refractivity contribution in [1.29, 1.82) is 0 Å². The normalized spacial score (nSPS) is 11.2. The number of carbonyl (C=O) groups is 1. The van der Waals surface area contributed by atoms with Gasteiger partial charge in [-0.05, 0) is 24.3 Å². The average Bonchev–Trinajstić information content (AvgIpc) is 3.42. The Morgan fingerprint density at radius 3 is 2.87 bits per heavy atom. The standard InChI is InChI=1S/C20H13N5O4S/c26-15-8-22-24(14-5-2-1-4-12(14)15)9-17(27)23-25-11-21-19-18(20(25)28)13(10-30-19)16-6-3-7-29-16/h1-8,10-11H,9H2,(H,23,27). The lowest BCUT2D eigenvalue weighted by molar-refractivity contribution is -0.117. The molecule has 5 rings (SSSR count). The van der Waals surface area contributed by atoms with Gasteiger partial charge in [0.1, 0.15) is 23.5 Å². The van der Waals surface area contributed by atoms with Crippen molar-refractivity contribution >= 4 is 38.4 Å². The van der Waals surface area contributed by atoms with Gasteiger partial charge in [0.25, 0.3) is 11.5 Å². The minimum Gasteiger partial charge on any atom is -0.464 e. The Morgan fingerprint density at radius 1 is 1.17 bits per heavy atom. The second-order valence-corrected chi connectivity index (χ2v) is 7.30. The molecule has 0 radical (unpaired) electrons. The van der Waals surface area contributed by atoms with E-state index in [9.17, 15) is 14.4 Å². The Hall–Kier alpha value is -4.05. The zero-order valence-corrected chi connectivity index (χ0v) is 16.1. The number of thiophene rings is 1. The van der Waals surface area contributed by atoms with E-state index in [1.54, 1.807) is 41.8 Å². The lowest BCUT2D eigenvalue weighted by Crippen LogP contribution is -2.35. The number of furan rings is 1. The molecule has 30 heavy (non-hydrogen) atoms. The van der Waals surface area contributed by atoms with Crippen LogP contribution in [0.5, 0.6) is 0 Å². The maximum atomic E-state index is 13.0. The number of nitrogens with one attached hydrogen (secondary N) is 1. The zero-order valence-electron chi connectivity index (χ0n) is 15.3. The minimum absolute atomic E-state index is 0.181. The highest BCUT2D eigenvalue weighted by Crippen LogP contribution is 2.30. The zero-order chi connectivity index (χ0) is 20.7. The molecule has 0 saturated heterocycles. The van der Waals surface area contributed by atoms with Crippen molar-refractivity contribution in [1.82, 2.24) is 19.4 Å². The van der Waals surface area contributed by atoms with Gasteiger partial charge in [-0.3, -0.25) is 24.5 Å². The maximum absolute atomic E-state index is 13.0. The molecular formula is C20H13N5O4S.